The van der Waals surface area contributed by atoms with Gasteiger partial charge in [0.05, 0.1) is 11.8 Å². The van der Waals surface area contributed by atoms with Crippen LogP contribution in [0.4, 0.5) is 0 Å². The first-order valence-corrected chi connectivity index (χ1v) is 8.22. The molecule has 0 spiro atoms. The lowest BCUT2D eigenvalue weighted by atomic mass is 9.84. The lowest BCUT2D eigenvalue weighted by Crippen LogP contribution is -2.19. The quantitative estimate of drug-likeness (QED) is 0.339. The van der Waals surface area contributed by atoms with Gasteiger partial charge in [0, 0.05) is 17.6 Å². The van der Waals surface area contributed by atoms with E-state index in [1.54, 1.807) is 13.0 Å². The number of allylic oxidation sites excluding steroid dienone is 1. The van der Waals surface area contributed by atoms with Crippen molar-refractivity contribution in [3.05, 3.63) is 34.6 Å². The molecule has 0 aromatic heterocycles. The largest absolute Gasteiger partial charge is 0.458 e. The Hall–Kier alpha value is -2.04. The average molecular weight is 316 g/mol. The predicted octanol–water partition coefficient (Wildman–Crippen LogP) is 2.78. The van der Waals surface area contributed by atoms with Crippen molar-refractivity contribution in [3.63, 3.8) is 0 Å². The number of cyclic esters (lactones) is 1. The van der Waals surface area contributed by atoms with Crippen molar-refractivity contribution >= 4 is 11.9 Å². The molecule has 5 nitrogen and oxygen atoms in total. The van der Waals surface area contributed by atoms with Gasteiger partial charge in [0.1, 0.15) is 6.10 Å². The summed E-state index contributed by atoms with van der Waals surface area (Å²) >= 11 is 0. The van der Waals surface area contributed by atoms with Crippen LogP contribution in [0.2, 0.25) is 0 Å². The first-order chi connectivity index (χ1) is 11.0. The Morgan fingerprint density at radius 1 is 1.26 bits per heavy atom. The highest BCUT2D eigenvalue weighted by atomic mass is 16.7. The second kappa shape index (κ2) is 5.25. The minimum Gasteiger partial charge on any atom is -0.458 e. The Kier molecular flexibility index (Phi) is 3.32. The van der Waals surface area contributed by atoms with Crippen LogP contribution in [0.25, 0.3) is 0 Å². The van der Waals surface area contributed by atoms with Gasteiger partial charge in [-0.25, -0.2) is 9.59 Å². The number of carbonyl (C=O) groups excluding carboxylic acids is 2. The zero-order chi connectivity index (χ0) is 16.1. The summed E-state index contributed by atoms with van der Waals surface area (Å²) in [5.74, 6) is -0.153. The van der Waals surface area contributed by atoms with Gasteiger partial charge in [0.15, 0.2) is 0 Å². The number of carbonyl (C=O) groups is 2. The SMILES string of the molecule is CC1=C[C@@H](O/C=C2/C(=O)O[C@@H]3C4=C(CCC[C@@H]4C)C[C@H]23)OC1=O. The third kappa shape index (κ3) is 2.30. The van der Waals surface area contributed by atoms with Crippen molar-refractivity contribution < 1.29 is 23.8 Å². The highest BCUT2D eigenvalue weighted by Crippen LogP contribution is 2.50. The van der Waals surface area contributed by atoms with Crippen LogP contribution in [0, 0.1) is 11.8 Å². The molecule has 1 fully saturated rings. The molecule has 0 radical (unpaired) electrons. The summed E-state index contributed by atoms with van der Waals surface area (Å²) in [6.07, 6.45) is 6.55. The van der Waals surface area contributed by atoms with E-state index in [4.69, 9.17) is 14.2 Å². The van der Waals surface area contributed by atoms with Crippen LogP contribution in [0.3, 0.4) is 0 Å². The number of ether oxygens (including phenoxy) is 3. The van der Waals surface area contributed by atoms with Crippen molar-refractivity contribution in [1.29, 1.82) is 0 Å². The molecule has 122 valence electrons. The standard InChI is InChI=1S/C18H20O5/c1-9-4-3-5-11-7-12-13(18(20)23-16(12)15(9)11)8-21-14-6-10(2)17(19)22-14/h6,8-9,12,14,16H,3-5,7H2,1-2H3/b13-8+/t9-,12+,14-,16-/m0/s1. The Labute approximate surface area is 135 Å². The third-order valence-electron chi connectivity index (χ3n) is 5.32. The van der Waals surface area contributed by atoms with Crippen molar-refractivity contribution in [3.8, 4) is 0 Å². The van der Waals surface area contributed by atoms with Gasteiger partial charge in [-0.05, 0) is 44.1 Å². The normalized spacial score (nSPS) is 37.5. The van der Waals surface area contributed by atoms with E-state index < -0.39 is 6.29 Å². The minimum absolute atomic E-state index is 0.0511. The van der Waals surface area contributed by atoms with Crippen molar-refractivity contribution in [2.45, 2.75) is 51.9 Å². The molecule has 1 saturated heterocycles. The summed E-state index contributed by atoms with van der Waals surface area (Å²) in [4.78, 5) is 23.5. The second-order valence-electron chi connectivity index (χ2n) is 6.82. The molecule has 0 N–H and O–H groups in total. The van der Waals surface area contributed by atoms with Gasteiger partial charge in [0.25, 0.3) is 6.29 Å². The number of hydrogen-bond acceptors (Lipinski definition) is 5. The predicted molar refractivity (Wildman–Crippen MR) is 80.8 cm³/mol. The number of rotatable bonds is 2. The summed E-state index contributed by atoms with van der Waals surface area (Å²) < 4.78 is 16.1. The molecule has 4 rings (SSSR count). The maximum Gasteiger partial charge on any atom is 0.338 e. The zero-order valence-electron chi connectivity index (χ0n) is 13.3. The molecule has 4 aliphatic rings. The lowest BCUT2D eigenvalue weighted by Gasteiger charge is -2.24. The second-order valence-corrected chi connectivity index (χ2v) is 6.82. The fraction of sp³-hybridized carbons (Fsp3) is 0.556. The minimum atomic E-state index is -0.746. The van der Waals surface area contributed by atoms with E-state index in [0.717, 1.165) is 19.3 Å². The first-order valence-electron chi connectivity index (χ1n) is 8.22. The van der Waals surface area contributed by atoms with Crippen LogP contribution in [-0.4, -0.2) is 24.3 Å². The molecule has 4 atom stereocenters. The molecule has 0 amide bonds. The summed E-state index contributed by atoms with van der Waals surface area (Å²) in [6, 6.07) is 0. The van der Waals surface area contributed by atoms with E-state index in [1.807, 2.05) is 0 Å². The lowest BCUT2D eigenvalue weighted by molar-refractivity contribution is -0.152. The van der Waals surface area contributed by atoms with E-state index in [2.05, 4.69) is 6.92 Å². The molecule has 0 aromatic carbocycles. The highest BCUT2D eigenvalue weighted by Gasteiger charge is 2.49. The maximum absolute atomic E-state index is 12.2. The van der Waals surface area contributed by atoms with Crippen molar-refractivity contribution in [1.82, 2.24) is 0 Å². The third-order valence-corrected chi connectivity index (χ3v) is 5.32. The molecule has 0 unspecified atom stereocenters. The van der Waals surface area contributed by atoms with Crippen LogP contribution in [0.1, 0.15) is 39.5 Å². The van der Waals surface area contributed by atoms with Crippen molar-refractivity contribution in [2.75, 3.05) is 0 Å². The highest BCUT2D eigenvalue weighted by molar-refractivity contribution is 5.92. The van der Waals surface area contributed by atoms with Gasteiger partial charge in [-0.3, -0.25) is 0 Å². The summed E-state index contributed by atoms with van der Waals surface area (Å²) in [5, 5.41) is 0. The smallest absolute Gasteiger partial charge is 0.338 e. The molecular weight excluding hydrogens is 296 g/mol. The average Bonchev–Trinajstić information content (AvgIpc) is 3.10. The van der Waals surface area contributed by atoms with Gasteiger partial charge >= 0.3 is 11.9 Å². The fourth-order valence-electron chi connectivity index (χ4n) is 4.16. The zero-order valence-corrected chi connectivity index (χ0v) is 13.3. The molecule has 2 aliphatic carbocycles. The summed E-state index contributed by atoms with van der Waals surface area (Å²) in [5.41, 5.74) is 3.87. The van der Waals surface area contributed by atoms with Gasteiger partial charge in [-0.15, -0.1) is 0 Å². The van der Waals surface area contributed by atoms with Crippen LogP contribution in [0.15, 0.2) is 34.6 Å². The molecule has 5 heteroatoms. The van der Waals surface area contributed by atoms with Gasteiger partial charge in [-0.2, -0.15) is 0 Å². The molecule has 2 heterocycles. The van der Waals surface area contributed by atoms with Crippen molar-refractivity contribution in [2.24, 2.45) is 11.8 Å². The Morgan fingerprint density at radius 2 is 2.09 bits per heavy atom. The van der Waals surface area contributed by atoms with E-state index in [1.165, 1.54) is 23.8 Å². The topological polar surface area (TPSA) is 61.8 Å². The number of hydrogen-bond donors (Lipinski definition) is 0. The van der Waals surface area contributed by atoms with E-state index in [0.29, 0.717) is 17.1 Å². The number of fused-ring (bicyclic) bond motifs is 2. The molecule has 2 aliphatic heterocycles. The van der Waals surface area contributed by atoms with Gasteiger partial charge in [-0.1, -0.05) is 12.5 Å². The van der Waals surface area contributed by atoms with E-state index in [-0.39, 0.29) is 24.0 Å². The molecule has 0 saturated carbocycles. The Bertz CT molecular complexity index is 669. The van der Waals surface area contributed by atoms with Gasteiger partial charge in [0.2, 0.25) is 0 Å². The van der Waals surface area contributed by atoms with E-state index >= 15 is 0 Å². The fourth-order valence-corrected chi connectivity index (χ4v) is 4.16. The first kappa shape index (κ1) is 14.5. The van der Waals surface area contributed by atoms with Crippen LogP contribution >= 0.6 is 0 Å². The Morgan fingerprint density at radius 3 is 2.83 bits per heavy atom. The van der Waals surface area contributed by atoms with E-state index in [9.17, 15) is 9.59 Å². The Balaban J connectivity index is 1.52. The van der Waals surface area contributed by atoms with Crippen LogP contribution < -0.4 is 0 Å². The molecule has 0 bridgehead atoms. The molecular formula is C18H20O5. The van der Waals surface area contributed by atoms with Crippen LogP contribution in [-0.2, 0) is 23.8 Å². The van der Waals surface area contributed by atoms with Gasteiger partial charge < -0.3 is 14.2 Å². The number of esters is 2. The maximum atomic E-state index is 12.2. The summed E-state index contributed by atoms with van der Waals surface area (Å²) in [6.45, 7) is 3.89. The molecule has 0 aromatic rings. The molecule has 23 heavy (non-hydrogen) atoms. The summed E-state index contributed by atoms with van der Waals surface area (Å²) in [7, 11) is 0. The van der Waals surface area contributed by atoms with Crippen LogP contribution in [0.5, 0.6) is 0 Å². The monoisotopic (exact) mass is 316 g/mol.